The van der Waals surface area contributed by atoms with E-state index in [1.165, 1.54) is 11.0 Å². The molecule has 6 heteroatoms. The third kappa shape index (κ3) is 2.95. The van der Waals surface area contributed by atoms with E-state index in [4.69, 9.17) is 0 Å². The molecule has 21 heavy (non-hydrogen) atoms. The van der Waals surface area contributed by atoms with Gasteiger partial charge in [0.25, 0.3) is 0 Å². The van der Waals surface area contributed by atoms with E-state index in [1.54, 1.807) is 12.1 Å². The van der Waals surface area contributed by atoms with Crippen LogP contribution in [0.3, 0.4) is 0 Å². The Kier molecular flexibility index (Phi) is 4.10. The van der Waals surface area contributed by atoms with Crippen molar-refractivity contribution in [2.24, 2.45) is 5.92 Å². The zero-order valence-electron chi connectivity index (χ0n) is 12.1. The average molecular weight is 358 g/mol. The molecule has 2 rings (SSSR count). The molecule has 1 fully saturated rings. The summed E-state index contributed by atoms with van der Waals surface area (Å²) in [5.41, 5.74) is -0.349. The first-order valence-corrected chi connectivity index (χ1v) is 7.42. The third-order valence-electron chi connectivity index (χ3n) is 3.64. The van der Waals surface area contributed by atoms with Crippen LogP contribution in [0.5, 0.6) is 0 Å². The summed E-state index contributed by atoms with van der Waals surface area (Å²) in [4.78, 5) is 25.2. The molecular weight excluding hydrogens is 341 g/mol. The van der Waals surface area contributed by atoms with Crippen molar-refractivity contribution >= 4 is 27.8 Å². The van der Waals surface area contributed by atoms with Crippen LogP contribution in [0.2, 0.25) is 0 Å². The third-order valence-corrected chi connectivity index (χ3v) is 4.13. The van der Waals surface area contributed by atoms with Gasteiger partial charge >= 0.3 is 5.97 Å². The van der Waals surface area contributed by atoms with Gasteiger partial charge in [0, 0.05) is 22.0 Å². The molecular formula is C15H17BrFNO3. The van der Waals surface area contributed by atoms with Crippen molar-refractivity contribution in [3.63, 3.8) is 0 Å². The number of aliphatic carboxylic acids is 1. The van der Waals surface area contributed by atoms with Gasteiger partial charge in [-0.2, -0.15) is 0 Å². The van der Waals surface area contributed by atoms with Gasteiger partial charge in [-0.25, -0.2) is 4.39 Å². The highest BCUT2D eigenvalue weighted by Crippen LogP contribution is 2.43. The fraction of sp³-hybridized carbons (Fsp3) is 0.467. The van der Waals surface area contributed by atoms with E-state index in [1.807, 2.05) is 20.8 Å². The van der Waals surface area contributed by atoms with Crippen molar-refractivity contribution in [2.45, 2.75) is 38.8 Å². The number of carboxylic acid groups (broad SMARTS) is 1. The van der Waals surface area contributed by atoms with E-state index in [0.717, 1.165) is 0 Å². The summed E-state index contributed by atoms with van der Waals surface area (Å²) >= 11 is 3.27. The van der Waals surface area contributed by atoms with E-state index in [0.29, 0.717) is 4.47 Å². The molecule has 1 aromatic carbocycles. The molecule has 0 bridgehead atoms. The summed E-state index contributed by atoms with van der Waals surface area (Å²) < 4.78 is 14.8. The fourth-order valence-electron chi connectivity index (χ4n) is 2.84. The van der Waals surface area contributed by atoms with Crippen molar-refractivity contribution < 1.29 is 19.1 Å². The first-order valence-electron chi connectivity index (χ1n) is 6.63. The second kappa shape index (κ2) is 5.40. The number of amides is 1. The summed E-state index contributed by atoms with van der Waals surface area (Å²) in [7, 11) is 0. The Morgan fingerprint density at radius 2 is 2.05 bits per heavy atom. The zero-order valence-corrected chi connectivity index (χ0v) is 13.6. The number of carbonyl (C=O) groups is 2. The molecule has 1 saturated heterocycles. The normalized spacial score (nSPS) is 22.7. The number of rotatable bonds is 2. The van der Waals surface area contributed by atoms with E-state index < -0.39 is 29.3 Å². The van der Waals surface area contributed by atoms with Gasteiger partial charge in [-0.15, -0.1) is 0 Å². The van der Waals surface area contributed by atoms with Crippen molar-refractivity contribution in [2.75, 3.05) is 0 Å². The average Bonchev–Trinajstić information content (AvgIpc) is 2.69. The number of halogens is 2. The standard InChI is InChI=1S/C15H17BrFNO3/c1-15(2,3)18-12(19)7-10(14(20)21)13(18)9-6-8(16)4-5-11(9)17/h4-6,10,13H,7H2,1-3H3,(H,20,21). The highest BCUT2D eigenvalue weighted by atomic mass is 79.9. The number of likely N-dealkylation sites (tertiary alicyclic amines) is 1. The lowest BCUT2D eigenvalue weighted by Crippen LogP contribution is -2.44. The first-order chi connectivity index (χ1) is 9.62. The number of carbonyl (C=O) groups excluding carboxylic acids is 1. The van der Waals surface area contributed by atoms with E-state index in [2.05, 4.69) is 15.9 Å². The number of carboxylic acids is 1. The number of benzene rings is 1. The molecule has 1 heterocycles. The molecule has 0 saturated carbocycles. The second-order valence-corrected chi connectivity index (χ2v) is 7.11. The molecule has 1 amide bonds. The minimum atomic E-state index is -1.08. The molecule has 1 aromatic rings. The Labute approximate surface area is 131 Å². The first kappa shape index (κ1) is 15.9. The monoisotopic (exact) mass is 357 g/mol. The van der Waals surface area contributed by atoms with Crippen LogP contribution in [0.1, 0.15) is 38.8 Å². The molecule has 2 unspecified atom stereocenters. The zero-order chi connectivity index (χ0) is 15.9. The van der Waals surface area contributed by atoms with E-state index in [9.17, 15) is 19.1 Å². The molecule has 1 aliphatic rings. The Morgan fingerprint density at radius 1 is 1.43 bits per heavy atom. The lowest BCUT2D eigenvalue weighted by molar-refractivity contribution is -0.143. The van der Waals surface area contributed by atoms with Gasteiger partial charge in [0.15, 0.2) is 0 Å². The van der Waals surface area contributed by atoms with Crippen LogP contribution in [0.25, 0.3) is 0 Å². The molecule has 0 spiro atoms. The predicted molar refractivity (Wildman–Crippen MR) is 79.2 cm³/mol. The van der Waals surface area contributed by atoms with Crippen LogP contribution in [0, 0.1) is 11.7 Å². The number of hydrogen-bond donors (Lipinski definition) is 1. The molecule has 1 aliphatic heterocycles. The van der Waals surface area contributed by atoms with Gasteiger partial charge in [-0.1, -0.05) is 15.9 Å². The predicted octanol–water partition coefficient (Wildman–Crippen LogP) is 3.36. The molecule has 0 radical (unpaired) electrons. The van der Waals surface area contributed by atoms with Crippen LogP contribution in [0.4, 0.5) is 4.39 Å². The fourth-order valence-corrected chi connectivity index (χ4v) is 3.22. The van der Waals surface area contributed by atoms with Crippen LogP contribution in [-0.4, -0.2) is 27.4 Å². The van der Waals surface area contributed by atoms with Crippen LogP contribution < -0.4 is 0 Å². The van der Waals surface area contributed by atoms with Gasteiger partial charge < -0.3 is 10.0 Å². The minimum absolute atomic E-state index is 0.108. The van der Waals surface area contributed by atoms with Crippen LogP contribution in [-0.2, 0) is 9.59 Å². The SMILES string of the molecule is CC(C)(C)N1C(=O)CC(C(=O)O)C1c1cc(Br)ccc1F. The van der Waals surface area contributed by atoms with Gasteiger partial charge in [0.05, 0.1) is 12.0 Å². The van der Waals surface area contributed by atoms with Crippen molar-refractivity contribution in [1.82, 2.24) is 4.90 Å². The summed E-state index contributed by atoms with van der Waals surface area (Å²) in [5, 5.41) is 9.39. The summed E-state index contributed by atoms with van der Waals surface area (Å²) in [6.45, 7) is 5.45. The lowest BCUT2D eigenvalue weighted by Gasteiger charge is -2.38. The van der Waals surface area contributed by atoms with E-state index >= 15 is 0 Å². The number of nitrogens with zero attached hydrogens (tertiary/aromatic N) is 1. The maximum Gasteiger partial charge on any atom is 0.309 e. The lowest BCUT2D eigenvalue weighted by atomic mass is 9.91. The molecule has 2 atom stereocenters. The van der Waals surface area contributed by atoms with Crippen LogP contribution >= 0.6 is 15.9 Å². The Bertz CT molecular complexity index is 597. The molecule has 4 nitrogen and oxygen atoms in total. The second-order valence-electron chi connectivity index (χ2n) is 6.19. The summed E-state index contributed by atoms with van der Waals surface area (Å²) in [5.74, 6) is -2.79. The summed E-state index contributed by atoms with van der Waals surface area (Å²) in [6, 6.07) is 3.58. The molecule has 0 aliphatic carbocycles. The molecule has 114 valence electrons. The van der Waals surface area contributed by atoms with E-state index in [-0.39, 0.29) is 17.9 Å². The van der Waals surface area contributed by atoms with Gasteiger partial charge in [-0.3, -0.25) is 9.59 Å². The maximum absolute atomic E-state index is 14.2. The topological polar surface area (TPSA) is 57.6 Å². The van der Waals surface area contributed by atoms with Gasteiger partial charge in [0.2, 0.25) is 5.91 Å². The van der Waals surface area contributed by atoms with Crippen LogP contribution in [0.15, 0.2) is 22.7 Å². The maximum atomic E-state index is 14.2. The Balaban J connectivity index is 2.60. The van der Waals surface area contributed by atoms with Gasteiger partial charge in [-0.05, 0) is 39.0 Å². The highest BCUT2D eigenvalue weighted by Gasteiger charge is 2.49. The number of hydrogen-bond acceptors (Lipinski definition) is 2. The summed E-state index contributed by atoms with van der Waals surface area (Å²) in [6.07, 6.45) is -0.108. The smallest absolute Gasteiger partial charge is 0.309 e. The minimum Gasteiger partial charge on any atom is -0.481 e. The molecule has 1 N–H and O–H groups in total. The Morgan fingerprint density at radius 3 is 2.57 bits per heavy atom. The quantitative estimate of drug-likeness (QED) is 0.882. The Hall–Kier alpha value is -1.43. The largest absolute Gasteiger partial charge is 0.481 e. The van der Waals surface area contributed by atoms with Gasteiger partial charge in [0.1, 0.15) is 5.82 Å². The van der Waals surface area contributed by atoms with Crippen molar-refractivity contribution in [1.29, 1.82) is 0 Å². The molecule has 0 aromatic heterocycles. The highest BCUT2D eigenvalue weighted by molar-refractivity contribution is 9.10. The van der Waals surface area contributed by atoms with Crippen molar-refractivity contribution in [3.8, 4) is 0 Å². The van der Waals surface area contributed by atoms with Crippen molar-refractivity contribution in [3.05, 3.63) is 34.1 Å².